The molecule has 5 heteroatoms. The van der Waals surface area contributed by atoms with E-state index in [0.29, 0.717) is 5.75 Å². The molecule has 0 rings (SSSR count). The van der Waals surface area contributed by atoms with Gasteiger partial charge >= 0.3 is 0 Å². The van der Waals surface area contributed by atoms with Crippen molar-refractivity contribution in [3.05, 3.63) is 0 Å². The molecular formula is C4H8FNOS2. The summed E-state index contributed by atoms with van der Waals surface area (Å²) >= 11 is 0.178. The lowest BCUT2D eigenvalue weighted by molar-refractivity contribution is -0.109. The minimum atomic E-state index is -0.224. The first-order valence-corrected chi connectivity index (χ1v) is 4.59. The summed E-state index contributed by atoms with van der Waals surface area (Å²) in [6, 6.07) is -0.224. The highest BCUT2D eigenvalue weighted by Crippen LogP contribution is 2.21. The van der Waals surface area contributed by atoms with Crippen LogP contribution in [0.1, 0.15) is 0 Å². The van der Waals surface area contributed by atoms with Crippen molar-refractivity contribution in [3.63, 3.8) is 0 Å². The molecule has 1 unspecified atom stereocenters. The zero-order valence-corrected chi connectivity index (χ0v) is 6.60. The summed E-state index contributed by atoms with van der Waals surface area (Å²) in [6.07, 6.45) is 0.767. The first kappa shape index (κ1) is 9.26. The number of likely N-dealkylation sites (N-methyl/N-ethyl adjacent to an activating group) is 1. The molecule has 0 aromatic heterocycles. The predicted molar refractivity (Wildman–Crippen MR) is 40.1 cm³/mol. The van der Waals surface area contributed by atoms with Crippen LogP contribution in [0.15, 0.2) is 0 Å². The molecule has 0 aliphatic rings. The van der Waals surface area contributed by atoms with Crippen LogP contribution < -0.4 is 5.32 Å². The van der Waals surface area contributed by atoms with Gasteiger partial charge in [0.15, 0.2) is 0 Å². The second-order valence-corrected chi connectivity index (χ2v) is 3.16. The molecular weight excluding hydrogens is 161 g/mol. The van der Waals surface area contributed by atoms with E-state index < -0.39 is 0 Å². The second kappa shape index (κ2) is 6.38. The van der Waals surface area contributed by atoms with E-state index in [1.165, 1.54) is 0 Å². The van der Waals surface area contributed by atoms with E-state index in [1.807, 2.05) is 0 Å². The van der Waals surface area contributed by atoms with E-state index in [9.17, 15) is 8.68 Å². The molecule has 1 N–H and O–H groups in total. The van der Waals surface area contributed by atoms with Gasteiger partial charge in [0.2, 0.25) is 0 Å². The van der Waals surface area contributed by atoms with Crippen molar-refractivity contribution >= 4 is 28.3 Å². The van der Waals surface area contributed by atoms with Crippen LogP contribution in [-0.4, -0.2) is 25.1 Å². The van der Waals surface area contributed by atoms with Crippen molar-refractivity contribution in [2.75, 3.05) is 12.8 Å². The van der Waals surface area contributed by atoms with Gasteiger partial charge in [-0.15, -0.1) is 0 Å². The summed E-state index contributed by atoms with van der Waals surface area (Å²) in [7, 11) is 2.69. The van der Waals surface area contributed by atoms with Gasteiger partial charge < -0.3 is 10.1 Å². The summed E-state index contributed by atoms with van der Waals surface area (Å²) in [6.45, 7) is 0. The molecule has 0 aliphatic carbocycles. The quantitative estimate of drug-likeness (QED) is 0.492. The molecule has 0 heterocycles. The minimum Gasteiger partial charge on any atom is -0.310 e. The highest BCUT2D eigenvalue weighted by molar-refractivity contribution is 8.74. The monoisotopic (exact) mass is 169 g/mol. The molecule has 2 nitrogen and oxygen atoms in total. The molecule has 0 aromatic rings. The maximum absolute atomic E-state index is 11.4. The van der Waals surface area contributed by atoms with Gasteiger partial charge in [0, 0.05) is 5.75 Å². The largest absolute Gasteiger partial charge is 0.310 e. The fourth-order valence-electron chi connectivity index (χ4n) is 0.290. The minimum absolute atomic E-state index is 0.178. The number of nitrogens with one attached hydrogen (secondary N) is 1. The third-order valence-corrected chi connectivity index (χ3v) is 2.09. The lowest BCUT2D eigenvalue weighted by atomic mass is 10.4. The molecule has 0 saturated carbocycles. The van der Waals surface area contributed by atoms with E-state index in [-0.39, 0.29) is 17.2 Å². The average molecular weight is 169 g/mol. The molecule has 0 saturated heterocycles. The van der Waals surface area contributed by atoms with Gasteiger partial charge in [-0.3, -0.25) is 0 Å². The predicted octanol–water partition coefficient (Wildman–Crippen LogP) is 1.04. The Kier molecular flexibility index (Phi) is 6.57. The zero-order valence-electron chi connectivity index (χ0n) is 4.96. The SMILES string of the molecule is CNC(C=O)CSSF. The molecule has 0 radical (unpaired) electrons. The number of carbonyl (C=O) groups is 1. The summed E-state index contributed by atoms with van der Waals surface area (Å²) in [4.78, 5) is 10.0. The van der Waals surface area contributed by atoms with Crippen LogP contribution in [0.2, 0.25) is 0 Å². The molecule has 0 aromatic carbocycles. The third kappa shape index (κ3) is 4.74. The number of carbonyl (C=O) groups excluding carboxylic acids is 1. The van der Waals surface area contributed by atoms with Crippen molar-refractivity contribution in [2.45, 2.75) is 6.04 Å². The van der Waals surface area contributed by atoms with E-state index in [2.05, 4.69) is 5.32 Å². The molecule has 0 bridgehead atoms. The van der Waals surface area contributed by atoms with Crippen molar-refractivity contribution < 1.29 is 8.68 Å². The maximum Gasteiger partial charge on any atom is 0.137 e. The Bertz CT molecular complexity index is 83.0. The van der Waals surface area contributed by atoms with Crippen molar-refractivity contribution in [2.24, 2.45) is 0 Å². The van der Waals surface area contributed by atoms with Gasteiger partial charge in [0.1, 0.15) is 17.5 Å². The lowest BCUT2D eigenvalue weighted by Gasteiger charge is -2.03. The lowest BCUT2D eigenvalue weighted by Crippen LogP contribution is -2.28. The molecule has 0 aliphatic heterocycles. The Morgan fingerprint density at radius 1 is 1.89 bits per heavy atom. The Morgan fingerprint density at radius 3 is 2.89 bits per heavy atom. The highest BCUT2D eigenvalue weighted by Gasteiger charge is 2.02. The smallest absolute Gasteiger partial charge is 0.137 e. The molecule has 0 fully saturated rings. The Balaban J connectivity index is 3.20. The molecule has 54 valence electrons. The van der Waals surface area contributed by atoms with E-state index in [4.69, 9.17) is 0 Å². The van der Waals surface area contributed by atoms with Crippen molar-refractivity contribution in [3.8, 4) is 0 Å². The average Bonchev–Trinajstić information content (AvgIpc) is 1.91. The van der Waals surface area contributed by atoms with Gasteiger partial charge in [0.25, 0.3) is 0 Å². The third-order valence-electron chi connectivity index (χ3n) is 0.827. The Hall–Kier alpha value is 0.260. The van der Waals surface area contributed by atoms with E-state index in [0.717, 1.165) is 17.1 Å². The number of rotatable bonds is 5. The van der Waals surface area contributed by atoms with Gasteiger partial charge in [-0.25, -0.2) is 0 Å². The zero-order chi connectivity index (χ0) is 7.11. The first-order chi connectivity index (χ1) is 4.35. The normalized spacial score (nSPS) is 13.1. The van der Waals surface area contributed by atoms with Gasteiger partial charge in [-0.1, -0.05) is 10.8 Å². The standard InChI is InChI=1S/C4H8FNOS2/c1-6-4(2-7)3-8-9-5/h2,4,6H,3H2,1H3. The van der Waals surface area contributed by atoms with Crippen molar-refractivity contribution in [1.29, 1.82) is 0 Å². The van der Waals surface area contributed by atoms with Gasteiger partial charge in [0.05, 0.1) is 6.04 Å². The van der Waals surface area contributed by atoms with E-state index in [1.54, 1.807) is 7.05 Å². The van der Waals surface area contributed by atoms with E-state index >= 15 is 0 Å². The van der Waals surface area contributed by atoms with Gasteiger partial charge in [-0.2, -0.15) is 3.89 Å². The van der Waals surface area contributed by atoms with Crippen LogP contribution in [0, 0.1) is 0 Å². The van der Waals surface area contributed by atoms with Crippen LogP contribution in [0.4, 0.5) is 3.89 Å². The Morgan fingerprint density at radius 2 is 2.56 bits per heavy atom. The van der Waals surface area contributed by atoms with Gasteiger partial charge in [-0.05, 0) is 7.05 Å². The second-order valence-electron chi connectivity index (χ2n) is 1.38. The Labute approximate surface area is 61.7 Å². The summed E-state index contributed by atoms with van der Waals surface area (Å²) in [5.41, 5.74) is 0. The van der Waals surface area contributed by atoms with Crippen LogP contribution in [-0.2, 0) is 4.79 Å². The number of hydrogen-bond donors (Lipinski definition) is 1. The topological polar surface area (TPSA) is 29.1 Å². The summed E-state index contributed by atoms with van der Waals surface area (Å²) in [5.74, 6) is 0.473. The maximum atomic E-state index is 11.4. The summed E-state index contributed by atoms with van der Waals surface area (Å²) < 4.78 is 11.4. The number of aldehydes is 1. The van der Waals surface area contributed by atoms with Crippen LogP contribution in [0.3, 0.4) is 0 Å². The fourth-order valence-corrected chi connectivity index (χ4v) is 1.33. The van der Waals surface area contributed by atoms with Crippen LogP contribution in [0.5, 0.6) is 0 Å². The number of halogens is 1. The molecule has 1 atom stereocenters. The summed E-state index contributed by atoms with van der Waals surface area (Å²) in [5, 5.41) is 2.72. The number of hydrogen-bond acceptors (Lipinski definition) is 4. The van der Waals surface area contributed by atoms with Crippen molar-refractivity contribution in [1.82, 2.24) is 5.32 Å². The molecule has 0 spiro atoms. The van der Waals surface area contributed by atoms with Crippen LogP contribution in [0.25, 0.3) is 0 Å². The fraction of sp³-hybridized carbons (Fsp3) is 0.750. The molecule has 0 amide bonds. The van der Waals surface area contributed by atoms with Crippen LogP contribution >= 0.6 is 22.0 Å². The highest BCUT2D eigenvalue weighted by atomic mass is 33.1. The molecule has 9 heavy (non-hydrogen) atoms. The first-order valence-electron chi connectivity index (χ1n) is 2.38.